The molecule has 0 unspecified atom stereocenters. The van der Waals surface area contributed by atoms with Gasteiger partial charge in [-0.2, -0.15) is 0 Å². The van der Waals surface area contributed by atoms with Crippen LogP contribution in [0.25, 0.3) is 10.9 Å². The summed E-state index contributed by atoms with van der Waals surface area (Å²) in [5, 5.41) is 3.89. The number of nitrogens with zero attached hydrogens (tertiary/aromatic N) is 1. The van der Waals surface area contributed by atoms with Crippen molar-refractivity contribution in [1.29, 1.82) is 0 Å². The molecular weight excluding hydrogens is 288 g/mol. The van der Waals surface area contributed by atoms with Crippen molar-refractivity contribution in [3.8, 4) is 5.75 Å². The largest absolute Gasteiger partial charge is 0.494 e. The number of hydrogen-bond acceptors (Lipinski definition) is 3. The molecule has 116 valence electrons. The molecule has 3 aromatic rings. The van der Waals surface area contributed by atoms with E-state index in [-0.39, 0.29) is 5.91 Å². The van der Waals surface area contributed by atoms with E-state index in [4.69, 9.17) is 4.74 Å². The number of carbonyl (C=O) groups is 1. The van der Waals surface area contributed by atoms with Crippen molar-refractivity contribution in [3.05, 3.63) is 71.9 Å². The summed E-state index contributed by atoms with van der Waals surface area (Å²) in [5.41, 5.74) is 2.52. The van der Waals surface area contributed by atoms with Gasteiger partial charge in [-0.1, -0.05) is 18.2 Å². The van der Waals surface area contributed by atoms with Crippen molar-refractivity contribution in [2.75, 3.05) is 6.61 Å². The van der Waals surface area contributed by atoms with E-state index in [1.54, 1.807) is 12.3 Å². The molecule has 0 aliphatic carbocycles. The Morgan fingerprint density at radius 1 is 1.13 bits per heavy atom. The predicted octanol–water partition coefficient (Wildman–Crippen LogP) is 3.56. The fourth-order valence-electron chi connectivity index (χ4n) is 2.41. The van der Waals surface area contributed by atoms with Crippen LogP contribution >= 0.6 is 0 Å². The summed E-state index contributed by atoms with van der Waals surface area (Å²) in [6, 6.07) is 17.1. The van der Waals surface area contributed by atoms with Gasteiger partial charge in [-0.3, -0.25) is 9.78 Å². The van der Waals surface area contributed by atoms with E-state index >= 15 is 0 Å². The van der Waals surface area contributed by atoms with Crippen LogP contribution in [0.5, 0.6) is 5.75 Å². The Labute approximate surface area is 135 Å². The number of nitrogens with one attached hydrogen (secondary N) is 1. The number of pyridine rings is 1. The second kappa shape index (κ2) is 6.92. The number of carbonyl (C=O) groups excluding carboxylic acids is 1. The van der Waals surface area contributed by atoms with Gasteiger partial charge in [0.05, 0.1) is 12.1 Å². The van der Waals surface area contributed by atoms with E-state index < -0.39 is 0 Å². The smallest absolute Gasteiger partial charge is 0.251 e. The molecule has 0 aliphatic rings. The van der Waals surface area contributed by atoms with Crippen LogP contribution in [0.2, 0.25) is 0 Å². The molecule has 0 saturated carbocycles. The molecule has 3 rings (SSSR count). The molecule has 0 aliphatic heterocycles. The van der Waals surface area contributed by atoms with Crippen LogP contribution < -0.4 is 10.1 Å². The van der Waals surface area contributed by atoms with E-state index in [1.165, 1.54) is 0 Å². The summed E-state index contributed by atoms with van der Waals surface area (Å²) in [6.07, 6.45) is 1.74. The molecule has 4 heteroatoms. The third-order valence-electron chi connectivity index (χ3n) is 3.53. The molecule has 0 spiro atoms. The Kier molecular flexibility index (Phi) is 4.52. The predicted molar refractivity (Wildman–Crippen MR) is 90.5 cm³/mol. The number of benzene rings is 2. The zero-order chi connectivity index (χ0) is 16.1. The Morgan fingerprint density at radius 2 is 2.04 bits per heavy atom. The summed E-state index contributed by atoms with van der Waals surface area (Å²) in [7, 11) is 0. The monoisotopic (exact) mass is 306 g/mol. The van der Waals surface area contributed by atoms with Crippen LogP contribution in [0, 0.1) is 0 Å². The fraction of sp³-hybridized carbons (Fsp3) is 0.158. The van der Waals surface area contributed by atoms with Gasteiger partial charge in [0.2, 0.25) is 0 Å². The maximum atomic E-state index is 12.3. The average molecular weight is 306 g/mol. The molecular formula is C19H18N2O2. The van der Waals surface area contributed by atoms with E-state index in [0.29, 0.717) is 18.7 Å². The quantitative estimate of drug-likeness (QED) is 0.784. The van der Waals surface area contributed by atoms with Crippen LogP contribution in [0.1, 0.15) is 22.8 Å². The SMILES string of the molecule is CCOc1cccc(CNC(=O)c2ccc3ncccc3c2)c1. The summed E-state index contributed by atoms with van der Waals surface area (Å²) in [5.74, 6) is 0.716. The summed E-state index contributed by atoms with van der Waals surface area (Å²) in [6.45, 7) is 3.04. The fourth-order valence-corrected chi connectivity index (χ4v) is 2.41. The number of fused-ring (bicyclic) bond motifs is 1. The van der Waals surface area contributed by atoms with Crippen LogP contribution in [-0.4, -0.2) is 17.5 Å². The average Bonchev–Trinajstić information content (AvgIpc) is 2.60. The minimum atomic E-state index is -0.0995. The molecule has 0 saturated heterocycles. The highest BCUT2D eigenvalue weighted by atomic mass is 16.5. The van der Waals surface area contributed by atoms with Gasteiger partial charge in [-0.15, -0.1) is 0 Å². The first-order valence-corrected chi connectivity index (χ1v) is 7.61. The Balaban J connectivity index is 1.69. The van der Waals surface area contributed by atoms with Gasteiger partial charge in [-0.25, -0.2) is 0 Å². The Bertz CT molecular complexity index is 830. The van der Waals surface area contributed by atoms with Crippen molar-refractivity contribution in [3.63, 3.8) is 0 Å². The maximum absolute atomic E-state index is 12.3. The summed E-state index contributed by atoms with van der Waals surface area (Å²) < 4.78 is 5.47. The minimum absolute atomic E-state index is 0.0995. The Morgan fingerprint density at radius 3 is 2.91 bits per heavy atom. The van der Waals surface area contributed by atoms with E-state index in [0.717, 1.165) is 22.2 Å². The molecule has 1 N–H and O–H groups in total. The van der Waals surface area contributed by atoms with E-state index in [1.807, 2.05) is 55.5 Å². The van der Waals surface area contributed by atoms with Crippen molar-refractivity contribution in [2.45, 2.75) is 13.5 Å². The number of amides is 1. The third kappa shape index (κ3) is 3.66. The normalized spacial score (nSPS) is 10.5. The molecule has 1 heterocycles. The number of rotatable bonds is 5. The van der Waals surface area contributed by atoms with Crippen LogP contribution in [0.4, 0.5) is 0 Å². The lowest BCUT2D eigenvalue weighted by molar-refractivity contribution is 0.0951. The minimum Gasteiger partial charge on any atom is -0.494 e. The second-order valence-corrected chi connectivity index (χ2v) is 5.17. The molecule has 0 atom stereocenters. The van der Waals surface area contributed by atoms with Crippen LogP contribution in [-0.2, 0) is 6.54 Å². The lowest BCUT2D eigenvalue weighted by atomic mass is 10.1. The van der Waals surface area contributed by atoms with Crippen LogP contribution in [0.3, 0.4) is 0 Å². The lowest BCUT2D eigenvalue weighted by Crippen LogP contribution is -2.22. The van der Waals surface area contributed by atoms with E-state index in [9.17, 15) is 4.79 Å². The number of ether oxygens (including phenoxy) is 1. The highest BCUT2D eigenvalue weighted by molar-refractivity contribution is 5.97. The van der Waals surface area contributed by atoms with Crippen LogP contribution in [0.15, 0.2) is 60.8 Å². The van der Waals surface area contributed by atoms with Gasteiger partial charge in [0.1, 0.15) is 5.75 Å². The first kappa shape index (κ1) is 15.0. The Hall–Kier alpha value is -2.88. The summed E-state index contributed by atoms with van der Waals surface area (Å²) in [4.78, 5) is 16.6. The third-order valence-corrected chi connectivity index (χ3v) is 3.53. The molecule has 0 fully saturated rings. The van der Waals surface area contributed by atoms with Gasteiger partial charge >= 0.3 is 0 Å². The maximum Gasteiger partial charge on any atom is 0.251 e. The van der Waals surface area contributed by atoms with Crippen molar-refractivity contribution < 1.29 is 9.53 Å². The highest BCUT2D eigenvalue weighted by Gasteiger charge is 2.07. The highest BCUT2D eigenvalue weighted by Crippen LogP contribution is 2.15. The molecule has 1 aromatic heterocycles. The van der Waals surface area contributed by atoms with Gasteiger partial charge in [-0.05, 0) is 48.9 Å². The molecule has 2 aromatic carbocycles. The van der Waals surface area contributed by atoms with Crippen molar-refractivity contribution in [1.82, 2.24) is 10.3 Å². The summed E-state index contributed by atoms with van der Waals surface area (Å²) >= 11 is 0. The van der Waals surface area contributed by atoms with Gasteiger partial charge in [0.15, 0.2) is 0 Å². The first-order valence-electron chi connectivity index (χ1n) is 7.61. The first-order chi connectivity index (χ1) is 11.3. The van der Waals surface area contributed by atoms with Crippen molar-refractivity contribution in [2.24, 2.45) is 0 Å². The topological polar surface area (TPSA) is 51.2 Å². The standard InChI is InChI=1S/C19H18N2O2/c1-2-23-17-7-3-5-14(11-17)13-21-19(22)16-8-9-18-15(12-16)6-4-10-20-18/h3-12H,2,13H2,1H3,(H,21,22). The zero-order valence-electron chi connectivity index (χ0n) is 13.0. The molecule has 23 heavy (non-hydrogen) atoms. The molecule has 1 amide bonds. The number of aromatic nitrogens is 1. The van der Waals surface area contributed by atoms with Gasteiger partial charge in [0, 0.05) is 23.7 Å². The van der Waals surface area contributed by atoms with Gasteiger partial charge < -0.3 is 10.1 Å². The van der Waals surface area contributed by atoms with E-state index in [2.05, 4.69) is 10.3 Å². The lowest BCUT2D eigenvalue weighted by Gasteiger charge is -2.08. The molecule has 0 radical (unpaired) electrons. The zero-order valence-corrected chi connectivity index (χ0v) is 13.0. The van der Waals surface area contributed by atoms with Gasteiger partial charge in [0.25, 0.3) is 5.91 Å². The second-order valence-electron chi connectivity index (χ2n) is 5.17. The molecule has 0 bridgehead atoms. The molecule has 4 nitrogen and oxygen atoms in total. The number of hydrogen-bond donors (Lipinski definition) is 1. The van der Waals surface area contributed by atoms with Crippen molar-refractivity contribution >= 4 is 16.8 Å².